The fourth-order valence-corrected chi connectivity index (χ4v) is 8.05. The van der Waals surface area contributed by atoms with Gasteiger partial charge in [-0.25, -0.2) is 9.13 Å². The number of aliphatic hydroxyl groups excluding tert-OH is 2. The molecule has 2 unspecified atom stereocenters. The summed E-state index contributed by atoms with van der Waals surface area (Å²) in [6, 6.07) is 0. The number of rotatable bonds is 47. The zero-order chi connectivity index (χ0) is 49.0. The average Bonchev–Trinajstić information content (AvgIpc) is 3.26. The molecule has 5 N–H and O–H groups in total. The highest BCUT2D eigenvalue weighted by molar-refractivity contribution is 7.47. The second-order valence-electron chi connectivity index (χ2n) is 17.8. The highest BCUT2D eigenvalue weighted by Gasteiger charge is 2.28. The summed E-state index contributed by atoms with van der Waals surface area (Å²) < 4.78 is 47.9. The van der Waals surface area contributed by atoms with Gasteiger partial charge < -0.3 is 34.4 Å². The third-order valence-corrected chi connectivity index (χ3v) is 12.1. The van der Waals surface area contributed by atoms with Crippen molar-refractivity contribution >= 4 is 27.6 Å². The molecule has 66 heavy (non-hydrogen) atoms. The summed E-state index contributed by atoms with van der Waals surface area (Å²) in [6.45, 7) is 3.87. The lowest BCUT2D eigenvalue weighted by Gasteiger charge is -2.20. The van der Waals surface area contributed by atoms with Crippen molar-refractivity contribution in [3.63, 3.8) is 0 Å². The summed E-state index contributed by atoms with van der Waals surface area (Å²) >= 11 is 0. The second kappa shape index (κ2) is 44.3. The lowest BCUT2D eigenvalue weighted by molar-refractivity contribution is -0.161. The van der Waals surface area contributed by atoms with Crippen molar-refractivity contribution < 1.29 is 66.7 Å². The lowest BCUT2D eigenvalue weighted by atomic mass is 10.0. The van der Waals surface area contributed by atoms with Crippen LogP contribution >= 0.6 is 15.6 Å². The van der Waals surface area contributed by atoms with Gasteiger partial charge in [0.15, 0.2) is 6.10 Å². The van der Waals surface area contributed by atoms with Crippen LogP contribution < -0.4 is 0 Å². The fraction of sp³-hybridized carbons (Fsp3) is 0.800. The maximum atomic E-state index is 12.7. The van der Waals surface area contributed by atoms with E-state index >= 15 is 0 Å². The summed E-state index contributed by atoms with van der Waals surface area (Å²) in [7, 11) is -9.71. The van der Waals surface area contributed by atoms with Gasteiger partial charge in [0.05, 0.1) is 25.9 Å². The van der Waals surface area contributed by atoms with Crippen LogP contribution in [0, 0.1) is 5.92 Å². The van der Waals surface area contributed by atoms with Gasteiger partial charge in [0, 0.05) is 12.8 Å². The molecule has 0 heterocycles. The molecule has 16 heteroatoms. The summed E-state index contributed by atoms with van der Waals surface area (Å²) in [5.74, 6) is -0.281. The first-order chi connectivity index (χ1) is 31.6. The van der Waals surface area contributed by atoms with Gasteiger partial charge >= 0.3 is 27.6 Å². The second-order valence-corrected chi connectivity index (χ2v) is 20.4. The number of unbranched alkanes of at least 4 members (excludes halogenated alkanes) is 18. The molecule has 0 aromatic rings. The van der Waals surface area contributed by atoms with Gasteiger partial charge in [-0.2, -0.15) is 0 Å². The van der Waals surface area contributed by atoms with Crippen molar-refractivity contribution in [3.8, 4) is 0 Å². The number of allylic oxidation sites excluding steroid dienone is 7. The van der Waals surface area contributed by atoms with Crippen LogP contribution in [0.2, 0.25) is 0 Å². The third-order valence-electron chi connectivity index (χ3n) is 10.7. The molecule has 4 atom stereocenters. The van der Waals surface area contributed by atoms with Crippen LogP contribution in [0.4, 0.5) is 0 Å². The molecule has 0 saturated heterocycles. The van der Waals surface area contributed by atoms with E-state index in [4.69, 9.17) is 28.3 Å². The summed E-state index contributed by atoms with van der Waals surface area (Å²) in [5.41, 5.74) is 0. The summed E-state index contributed by atoms with van der Waals surface area (Å²) in [4.78, 5) is 52.9. The zero-order valence-corrected chi connectivity index (χ0v) is 42.9. The number of hydrogen-bond donors (Lipinski definition) is 5. The van der Waals surface area contributed by atoms with Gasteiger partial charge in [0.1, 0.15) is 12.7 Å². The Balaban J connectivity index is 4.48. The number of phosphoric acid groups is 2. The average molecular weight is 979 g/mol. The molecule has 386 valence electrons. The smallest absolute Gasteiger partial charge is 0.462 e. The van der Waals surface area contributed by atoms with Crippen LogP contribution in [-0.2, 0) is 41.8 Å². The van der Waals surface area contributed by atoms with E-state index in [1.807, 2.05) is 18.2 Å². The molecule has 0 amide bonds. The van der Waals surface area contributed by atoms with E-state index in [-0.39, 0.29) is 18.9 Å². The summed E-state index contributed by atoms with van der Waals surface area (Å²) in [6.07, 6.45) is 43.1. The van der Waals surface area contributed by atoms with Crippen LogP contribution in [0.5, 0.6) is 0 Å². The predicted octanol–water partition coefficient (Wildman–Crippen LogP) is 12.6. The van der Waals surface area contributed by atoms with Crippen molar-refractivity contribution in [2.45, 2.75) is 225 Å². The van der Waals surface area contributed by atoms with Crippen molar-refractivity contribution in [2.24, 2.45) is 5.92 Å². The van der Waals surface area contributed by atoms with Gasteiger partial charge in [0.2, 0.25) is 0 Å². The standard InChI is InChI=1S/C50H92O14P2/c1-4-36-46(51)38-33-29-25-21-17-13-11-15-19-23-27-31-35-40-50(54)64-48(44-63-66(58,59)62-42-47(52)41-61-65(55,56)57)43-60-49(53)39-34-30-26-22-18-14-10-8-6-5-7-9-12-16-20-24-28-32-37-45(2)3/h11,15,17,21,23,27,29,33,45-48,51-52H,4-10,12-14,16,18-20,22,24-26,28,30-32,34-44H2,1-3H3,(H,58,59)(H2,55,56,57)/b15-11-,21-17-,27-23-,33-29-/t46?,47-,48+/m0/s1. The molecule has 0 aliphatic carbocycles. The van der Waals surface area contributed by atoms with Gasteiger partial charge in [-0.3, -0.25) is 23.2 Å². The van der Waals surface area contributed by atoms with Crippen LogP contribution in [-0.4, -0.2) is 81.6 Å². The van der Waals surface area contributed by atoms with Crippen LogP contribution in [0.1, 0.15) is 207 Å². The molecule has 0 aliphatic heterocycles. The quantitative estimate of drug-likeness (QED) is 0.0166. The molecule has 0 radical (unpaired) electrons. The van der Waals surface area contributed by atoms with Crippen LogP contribution in [0.15, 0.2) is 48.6 Å². The Labute approximate surface area is 399 Å². The molecule has 0 fully saturated rings. The summed E-state index contributed by atoms with van der Waals surface area (Å²) in [5, 5.41) is 19.5. The van der Waals surface area contributed by atoms with E-state index in [0.29, 0.717) is 25.7 Å². The minimum atomic E-state index is -4.88. The van der Waals surface area contributed by atoms with Crippen molar-refractivity contribution in [1.29, 1.82) is 0 Å². The maximum absolute atomic E-state index is 12.7. The topological polar surface area (TPSA) is 216 Å². The Morgan fingerprint density at radius 1 is 0.500 bits per heavy atom. The van der Waals surface area contributed by atoms with Crippen molar-refractivity contribution in [3.05, 3.63) is 48.6 Å². The first-order valence-corrected chi connectivity index (χ1v) is 28.3. The maximum Gasteiger partial charge on any atom is 0.472 e. The molecule has 0 rings (SSSR count). The number of hydrogen-bond acceptors (Lipinski definition) is 11. The monoisotopic (exact) mass is 979 g/mol. The van der Waals surface area contributed by atoms with E-state index in [1.165, 1.54) is 96.3 Å². The number of carbonyl (C=O) groups excluding carboxylic acids is 2. The Kier molecular flexibility index (Phi) is 42.9. The molecule has 0 aromatic carbocycles. The molecule has 0 spiro atoms. The predicted molar refractivity (Wildman–Crippen MR) is 264 cm³/mol. The SMILES string of the molecule is CCCC(O)C/C=C\C/C=C\C/C=C\C/C=C\CCCC(=O)O[C@H](COC(=O)CCCCCCCCCCCCCCCCCCCCC(C)C)COP(=O)(O)OC[C@@H](O)COP(=O)(O)O. The molecule has 0 saturated carbocycles. The molecule has 0 bridgehead atoms. The van der Waals surface area contributed by atoms with Gasteiger partial charge in [-0.15, -0.1) is 0 Å². The van der Waals surface area contributed by atoms with Gasteiger partial charge in [0.25, 0.3) is 0 Å². The lowest BCUT2D eigenvalue weighted by Crippen LogP contribution is -2.29. The number of aliphatic hydroxyl groups is 2. The first-order valence-electron chi connectivity index (χ1n) is 25.3. The van der Waals surface area contributed by atoms with Crippen molar-refractivity contribution in [2.75, 3.05) is 26.4 Å². The largest absolute Gasteiger partial charge is 0.472 e. The van der Waals surface area contributed by atoms with Gasteiger partial charge in [-0.1, -0.05) is 191 Å². The van der Waals surface area contributed by atoms with E-state index in [2.05, 4.69) is 55.7 Å². The highest BCUT2D eigenvalue weighted by atomic mass is 31.2. The van der Waals surface area contributed by atoms with E-state index in [0.717, 1.165) is 57.3 Å². The Bertz CT molecular complexity index is 1380. The van der Waals surface area contributed by atoms with Crippen LogP contribution in [0.3, 0.4) is 0 Å². The fourth-order valence-electron chi connectivity index (χ4n) is 6.89. The number of ether oxygens (including phenoxy) is 2. The number of esters is 2. The molecule has 0 aromatic heterocycles. The molecule has 0 aliphatic rings. The number of carbonyl (C=O) groups is 2. The minimum Gasteiger partial charge on any atom is -0.462 e. The van der Waals surface area contributed by atoms with Crippen LogP contribution in [0.25, 0.3) is 0 Å². The van der Waals surface area contributed by atoms with Gasteiger partial charge in [-0.05, 0) is 57.3 Å². The Morgan fingerprint density at radius 3 is 1.44 bits per heavy atom. The van der Waals surface area contributed by atoms with Crippen molar-refractivity contribution in [1.82, 2.24) is 0 Å². The minimum absolute atomic E-state index is 0.0412. The highest BCUT2D eigenvalue weighted by Crippen LogP contribution is 2.44. The zero-order valence-electron chi connectivity index (χ0n) is 41.1. The Morgan fingerprint density at radius 2 is 0.939 bits per heavy atom. The molecular formula is C50H92O14P2. The normalized spacial score (nSPS) is 14.8. The molecular weight excluding hydrogens is 886 g/mol. The van der Waals surface area contributed by atoms with E-state index < -0.39 is 66.2 Å². The molecule has 14 nitrogen and oxygen atoms in total. The first kappa shape index (κ1) is 64.0. The third kappa shape index (κ3) is 48.5. The van der Waals surface area contributed by atoms with E-state index in [9.17, 15) is 33.8 Å². The number of phosphoric ester groups is 2. The Hall–Kier alpha value is -1.96. The van der Waals surface area contributed by atoms with E-state index in [1.54, 1.807) is 0 Å².